The molecule has 0 aliphatic rings. The Morgan fingerprint density at radius 1 is 0.857 bits per heavy atom. The molecule has 0 saturated heterocycles. The van der Waals surface area contributed by atoms with Crippen LogP contribution in [0.5, 0.6) is 0 Å². The molecule has 68 valence electrons. The fourth-order valence-electron chi connectivity index (χ4n) is 1.64. The average molecular weight is 180 g/mol. The van der Waals surface area contributed by atoms with Gasteiger partial charge in [-0.05, 0) is 48.2 Å². The summed E-state index contributed by atoms with van der Waals surface area (Å²) in [5, 5.41) is 0. The van der Waals surface area contributed by atoms with E-state index < -0.39 is 0 Å². The Balaban J connectivity index is 2.52. The molecule has 0 aliphatic heterocycles. The normalized spacial score (nSPS) is 10.1. The van der Waals surface area contributed by atoms with Gasteiger partial charge in [-0.3, -0.25) is 0 Å². The minimum Gasteiger partial charge on any atom is -0.0538 e. The lowest BCUT2D eigenvalue weighted by molar-refractivity contribution is 1.37. The smallest absolute Gasteiger partial charge is 0.0120 e. The van der Waals surface area contributed by atoms with Crippen LogP contribution in [0.4, 0.5) is 0 Å². The van der Waals surface area contributed by atoms with Crippen molar-refractivity contribution in [1.29, 1.82) is 0 Å². The van der Waals surface area contributed by atoms with Gasteiger partial charge in [-0.2, -0.15) is 0 Å². The van der Waals surface area contributed by atoms with Crippen LogP contribution >= 0.6 is 0 Å². The van der Waals surface area contributed by atoms with Gasteiger partial charge in [-0.15, -0.1) is 0 Å². The van der Waals surface area contributed by atoms with E-state index in [-0.39, 0.29) is 0 Å². The quantitative estimate of drug-likeness (QED) is 0.629. The van der Waals surface area contributed by atoms with Gasteiger partial charge in [0.15, 0.2) is 0 Å². The minimum absolute atomic E-state index is 1.19. The first-order chi connectivity index (χ1) is 6.75. The van der Waals surface area contributed by atoms with E-state index in [2.05, 4.69) is 50.2 Å². The van der Waals surface area contributed by atoms with Crippen molar-refractivity contribution in [3.05, 3.63) is 59.7 Å². The maximum absolute atomic E-state index is 3.27. The Kier molecular flexibility index (Phi) is 2.36. The first-order valence-corrected chi connectivity index (χ1v) is 4.73. The summed E-state index contributed by atoms with van der Waals surface area (Å²) in [5.74, 6) is 0. The molecule has 0 fully saturated rings. The van der Waals surface area contributed by atoms with E-state index in [4.69, 9.17) is 0 Å². The highest BCUT2D eigenvalue weighted by Crippen LogP contribution is 2.20. The highest BCUT2D eigenvalue weighted by atomic mass is 14.0. The van der Waals surface area contributed by atoms with E-state index in [1.165, 1.54) is 22.3 Å². The number of benzene rings is 2. The molecule has 0 nitrogen and oxygen atoms in total. The average Bonchev–Trinajstić information content (AvgIpc) is 2.18. The second kappa shape index (κ2) is 3.67. The van der Waals surface area contributed by atoms with Crippen LogP contribution in [0.15, 0.2) is 36.4 Å². The molecular formula is C14H12. The molecular weight excluding hydrogens is 168 g/mol. The number of hydrogen-bond acceptors (Lipinski definition) is 0. The van der Waals surface area contributed by atoms with Crippen molar-refractivity contribution in [3.8, 4) is 11.1 Å². The molecule has 14 heavy (non-hydrogen) atoms. The summed E-state index contributed by atoms with van der Waals surface area (Å²) in [6, 6.07) is 18.6. The van der Waals surface area contributed by atoms with E-state index in [1.807, 2.05) is 12.1 Å². The molecule has 0 aliphatic carbocycles. The van der Waals surface area contributed by atoms with Crippen LogP contribution in [-0.4, -0.2) is 0 Å². The summed E-state index contributed by atoms with van der Waals surface area (Å²) < 4.78 is 0. The Hall–Kier alpha value is -1.56. The lowest BCUT2D eigenvalue weighted by Gasteiger charge is -2.04. The fourth-order valence-corrected chi connectivity index (χ4v) is 1.64. The van der Waals surface area contributed by atoms with Gasteiger partial charge in [0.2, 0.25) is 0 Å². The molecule has 0 spiro atoms. The Bertz CT molecular complexity index is 407. The summed E-state index contributed by atoms with van der Waals surface area (Å²) in [5.41, 5.74) is 4.87. The number of rotatable bonds is 1. The molecule has 0 aromatic heterocycles. The van der Waals surface area contributed by atoms with Crippen LogP contribution < -0.4 is 0 Å². The Morgan fingerprint density at radius 3 is 2.00 bits per heavy atom. The minimum atomic E-state index is 1.19. The first-order valence-electron chi connectivity index (χ1n) is 4.73. The summed E-state index contributed by atoms with van der Waals surface area (Å²) in [7, 11) is 0. The lowest BCUT2D eigenvalue weighted by Crippen LogP contribution is -1.82. The fraction of sp³-hybridized carbons (Fsp3) is 0.143. The predicted molar refractivity (Wildman–Crippen MR) is 59.0 cm³/mol. The summed E-state index contributed by atoms with van der Waals surface area (Å²) >= 11 is 0. The van der Waals surface area contributed by atoms with Crippen LogP contribution in [-0.2, 0) is 0 Å². The Morgan fingerprint density at radius 2 is 1.43 bits per heavy atom. The molecule has 0 heteroatoms. The second-order valence-electron chi connectivity index (χ2n) is 3.52. The van der Waals surface area contributed by atoms with Crippen LogP contribution in [0.1, 0.15) is 11.1 Å². The van der Waals surface area contributed by atoms with Crippen molar-refractivity contribution in [2.45, 2.75) is 13.8 Å². The lowest BCUT2D eigenvalue weighted by atomic mass is 10.0. The highest BCUT2D eigenvalue weighted by molar-refractivity contribution is 5.64. The molecule has 0 heterocycles. The third-order valence-corrected chi connectivity index (χ3v) is 2.19. The van der Waals surface area contributed by atoms with Gasteiger partial charge in [0.1, 0.15) is 0 Å². The molecule has 0 N–H and O–H groups in total. The zero-order chi connectivity index (χ0) is 9.97. The second-order valence-corrected chi connectivity index (χ2v) is 3.52. The van der Waals surface area contributed by atoms with Crippen molar-refractivity contribution in [2.24, 2.45) is 0 Å². The molecule has 0 unspecified atom stereocenters. The maximum Gasteiger partial charge on any atom is -0.0120 e. The van der Waals surface area contributed by atoms with E-state index in [1.54, 1.807) is 0 Å². The Labute approximate surface area is 85.2 Å². The third kappa shape index (κ3) is 1.85. The number of aryl methyl sites for hydroxylation is 2. The van der Waals surface area contributed by atoms with Gasteiger partial charge >= 0.3 is 0 Å². The molecule has 0 amide bonds. The maximum atomic E-state index is 3.27. The monoisotopic (exact) mass is 180 g/mol. The topological polar surface area (TPSA) is 0 Å². The van der Waals surface area contributed by atoms with Crippen molar-refractivity contribution >= 4 is 0 Å². The van der Waals surface area contributed by atoms with Crippen LogP contribution in [0.2, 0.25) is 0 Å². The summed E-state index contributed by atoms with van der Waals surface area (Å²) in [6.45, 7) is 4.15. The molecule has 0 saturated carbocycles. The molecule has 0 atom stereocenters. The van der Waals surface area contributed by atoms with Crippen molar-refractivity contribution in [1.82, 2.24) is 0 Å². The molecule has 0 bridgehead atoms. The molecule has 2 aromatic carbocycles. The van der Waals surface area contributed by atoms with Crippen LogP contribution in [0.25, 0.3) is 11.1 Å². The third-order valence-electron chi connectivity index (χ3n) is 2.19. The van der Waals surface area contributed by atoms with E-state index in [0.717, 1.165) is 0 Å². The zero-order valence-corrected chi connectivity index (χ0v) is 8.46. The highest BCUT2D eigenvalue weighted by Gasteiger charge is 1.98. The molecule has 2 aromatic rings. The SMILES string of the molecule is Cc1[c]c(C)cc(-c2cc[c]cc2)c1. The predicted octanol–water partition coefficient (Wildman–Crippen LogP) is 3.57. The van der Waals surface area contributed by atoms with Crippen molar-refractivity contribution < 1.29 is 0 Å². The van der Waals surface area contributed by atoms with Gasteiger partial charge in [0.05, 0.1) is 0 Å². The molecule has 2 radical (unpaired) electrons. The van der Waals surface area contributed by atoms with Crippen molar-refractivity contribution in [3.63, 3.8) is 0 Å². The van der Waals surface area contributed by atoms with Crippen LogP contribution in [0.3, 0.4) is 0 Å². The number of hydrogen-bond donors (Lipinski definition) is 0. The van der Waals surface area contributed by atoms with E-state index >= 15 is 0 Å². The zero-order valence-electron chi connectivity index (χ0n) is 8.46. The van der Waals surface area contributed by atoms with Gasteiger partial charge in [0.25, 0.3) is 0 Å². The standard InChI is InChI=1S/C14H12/c1-11-8-12(2)10-14(9-11)13-6-4-3-5-7-13/h4-7,9-10H,1-2H3. The largest absolute Gasteiger partial charge is 0.0538 e. The summed E-state index contributed by atoms with van der Waals surface area (Å²) in [4.78, 5) is 0. The summed E-state index contributed by atoms with van der Waals surface area (Å²) in [6.07, 6.45) is 0. The van der Waals surface area contributed by atoms with Gasteiger partial charge in [-0.25, -0.2) is 0 Å². The van der Waals surface area contributed by atoms with Crippen molar-refractivity contribution in [2.75, 3.05) is 0 Å². The van der Waals surface area contributed by atoms with Gasteiger partial charge < -0.3 is 0 Å². The molecule has 2 rings (SSSR count). The van der Waals surface area contributed by atoms with E-state index in [0.29, 0.717) is 0 Å². The van der Waals surface area contributed by atoms with Gasteiger partial charge in [0, 0.05) is 0 Å². The first kappa shape index (κ1) is 9.01. The van der Waals surface area contributed by atoms with E-state index in [9.17, 15) is 0 Å². The van der Waals surface area contributed by atoms with Gasteiger partial charge in [-0.1, -0.05) is 36.4 Å². The van der Waals surface area contributed by atoms with Crippen LogP contribution in [0, 0.1) is 26.0 Å².